The summed E-state index contributed by atoms with van der Waals surface area (Å²) in [6.07, 6.45) is 6.69. The number of fused-ring (bicyclic) bond motifs is 3. The molecule has 0 bridgehead atoms. The Hall–Kier alpha value is -3.26. The Labute approximate surface area is 169 Å². The number of hydrogen-bond acceptors (Lipinski definition) is 7. The number of nitrogens with zero attached hydrogens (tertiary/aromatic N) is 6. The highest BCUT2D eigenvalue weighted by molar-refractivity contribution is 6.01. The van der Waals surface area contributed by atoms with Crippen molar-refractivity contribution in [2.45, 2.75) is 19.9 Å². The van der Waals surface area contributed by atoms with Crippen LogP contribution in [0.15, 0.2) is 43.0 Å². The van der Waals surface area contributed by atoms with Crippen molar-refractivity contribution in [1.82, 2.24) is 29.8 Å². The zero-order chi connectivity index (χ0) is 19.6. The first-order valence-electron chi connectivity index (χ1n) is 10.1. The largest absolute Gasteiger partial charge is 0.368 e. The molecule has 1 aliphatic heterocycles. The fourth-order valence-corrected chi connectivity index (χ4v) is 3.80. The maximum atomic E-state index is 4.78. The lowest BCUT2D eigenvalue weighted by atomic mass is 10.2. The summed E-state index contributed by atoms with van der Waals surface area (Å²) in [5, 5.41) is 7.61. The van der Waals surface area contributed by atoms with Gasteiger partial charge in [0.25, 0.3) is 0 Å². The lowest BCUT2D eigenvalue weighted by molar-refractivity contribution is 0.589. The maximum absolute atomic E-state index is 4.78. The molecule has 0 unspecified atom stereocenters. The number of rotatable bonds is 5. The lowest BCUT2D eigenvalue weighted by Crippen LogP contribution is -2.43. The van der Waals surface area contributed by atoms with Gasteiger partial charge in [-0.25, -0.2) is 19.9 Å². The van der Waals surface area contributed by atoms with Gasteiger partial charge in [0, 0.05) is 44.3 Å². The van der Waals surface area contributed by atoms with Crippen LogP contribution in [0.2, 0.25) is 0 Å². The van der Waals surface area contributed by atoms with E-state index in [-0.39, 0.29) is 0 Å². The Bertz CT molecular complexity index is 1130. The SMILES string of the molecule is CCCn1cnc2ccc3cnc(Nc4ccc(N5CCNCC5)cn4)nc3c21. The van der Waals surface area contributed by atoms with Gasteiger partial charge >= 0.3 is 0 Å². The third-order valence-corrected chi connectivity index (χ3v) is 5.26. The number of imidazole rings is 1. The maximum Gasteiger partial charge on any atom is 0.228 e. The van der Waals surface area contributed by atoms with Crippen LogP contribution in [0.5, 0.6) is 0 Å². The first-order chi connectivity index (χ1) is 14.3. The van der Waals surface area contributed by atoms with Crippen LogP contribution in [0, 0.1) is 0 Å². The first-order valence-corrected chi connectivity index (χ1v) is 10.1. The van der Waals surface area contributed by atoms with E-state index in [1.54, 1.807) is 0 Å². The summed E-state index contributed by atoms with van der Waals surface area (Å²) in [5.74, 6) is 1.27. The molecule has 29 heavy (non-hydrogen) atoms. The molecule has 0 amide bonds. The van der Waals surface area contributed by atoms with Gasteiger partial charge in [0.1, 0.15) is 11.3 Å². The predicted molar refractivity (Wildman–Crippen MR) is 116 cm³/mol. The second-order valence-electron chi connectivity index (χ2n) is 7.27. The summed E-state index contributed by atoms with van der Waals surface area (Å²) in [6, 6.07) is 8.12. The van der Waals surface area contributed by atoms with Gasteiger partial charge in [0.2, 0.25) is 5.95 Å². The lowest BCUT2D eigenvalue weighted by Gasteiger charge is -2.29. The number of aryl methyl sites for hydroxylation is 1. The molecule has 8 heteroatoms. The number of benzene rings is 1. The highest BCUT2D eigenvalue weighted by Crippen LogP contribution is 2.25. The van der Waals surface area contributed by atoms with E-state index in [1.807, 2.05) is 36.9 Å². The summed E-state index contributed by atoms with van der Waals surface area (Å²) in [7, 11) is 0. The van der Waals surface area contributed by atoms with E-state index < -0.39 is 0 Å². The normalized spacial score (nSPS) is 14.6. The van der Waals surface area contributed by atoms with Gasteiger partial charge in [-0.2, -0.15) is 0 Å². The molecular formula is C21H24N8. The van der Waals surface area contributed by atoms with Crippen LogP contribution >= 0.6 is 0 Å². The van der Waals surface area contributed by atoms with Crippen molar-refractivity contribution in [3.05, 3.63) is 43.0 Å². The van der Waals surface area contributed by atoms with Crippen LogP contribution in [0.4, 0.5) is 17.5 Å². The third kappa shape index (κ3) is 3.47. The quantitative estimate of drug-likeness (QED) is 0.544. The number of nitrogens with one attached hydrogen (secondary N) is 2. The van der Waals surface area contributed by atoms with Crippen LogP contribution in [0.1, 0.15) is 13.3 Å². The highest BCUT2D eigenvalue weighted by Gasteiger charge is 2.12. The molecule has 1 saturated heterocycles. The smallest absolute Gasteiger partial charge is 0.228 e. The number of piperazine rings is 1. The second-order valence-corrected chi connectivity index (χ2v) is 7.27. The molecule has 1 aliphatic rings. The zero-order valence-corrected chi connectivity index (χ0v) is 16.5. The molecule has 148 valence electrons. The van der Waals surface area contributed by atoms with Gasteiger partial charge in [-0.15, -0.1) is 0 Å². The first kappa shape index (κ1) is 17.8. The van der Waals surface area contributed by atoms with Crippen LogP contribution in [-0.2, 0) is 6.54 Å². The molecular weight excluding hydrogens is 364 g/mol. The average molecular weight is 388 g/mol. The number of aromatic nitrogens is 5. The number of pyridine rings is 1. The van der Waals surface area contributed by atoms with E-state index in [2.05, 4.69) is 48.0 Å². The Morgan fingerprint density at radius 2 is 1.93 bits per heavy atom. The highest BCUT2D eigenvalue weighted by atomic mass is 15.2. The standard InChI is InChI=1S/C21H24N8/c1-2-9-29-14-25-17-5-3-15-12-24-21(27-19(15)20(17)29)26-18-6-4-16(13-23-18)28-10-7-22-8-11-28/h3-6,12-14,22H,2,7-11H2,1H3,(H,23,24,26,27). The van der Waals surface area contributed by atoms with Crippen molar-refractivity contribution in [3.63, 3.8) is 0 Å². The van der Waals surface area contributed by atoms with Gasteiger partial charge in [-0.05, 0) is 30.7 Å². The molecule has 4 aromatic rings. The number of anilines is 3. The van der Waals surface area contributed by atoms with Crippen molar-refractivity contribution >= 4 is 39.4 Å². The molecule has 0 spiro atoms. The predicted octanol–water partition coefficient (Wildman–Crippen LogP) is 2.94. The van der Waals surface area contributed by atoms with E-state index in [4.69, 9.17) is 4.98 Å². The van der Waals surface area contributed by atoms with Gasteiger partial charge < -0.3 is 20.1 Å². The molecule has 0 atom stereocenters. The van der Waals surface area contributed by atoms with Gasteiger partial charge in [-0.1, -0.05) is 6.92 Å². The summed E-state index contributed by atoms with van der Waals surface area (Å²) in [6.45, 7) is 7.10. The van der Waals surface area contributed by atoms with E-state index in [0.717, 1.165) is 72.6 Å². The average Bonchev–Trinajstić information content (AvgIpc) is 3.19. The minimum absolute atomic E-state index is 0.539. The van der Waals surface area contributed by atoms with Crippen LogP contribution < -0.4 is 15.5 Å². The topological polar surface area (TPSA) is 83.8 Å². The molecule has 4 heterocycles. The summed E-state index contributed by atoms with van der Waals surface area (Å²) in [5.41, 5.74) is 4.05. The minimum atomic E-state index is 0.539. The Kier molecular flexibility index (Phi) is 4.69. The van der Waals surface area contributed by atoms with Gasteiger partial charge in [-0.3, -0.25) is 0 Å². The van der Waals surface area contributed by atoms with Crippen molar-refractivity contribution in [2.24, 2.45) is 0 Å². The third-order valence-electron chi connectivity index (χ3n) is 5.26. The molecule has 1 fully saturated rings. The van der Waals surface area contributed by atoms with E-state index >= 15 is 0 Å². The molecule has 8 nitrogen and oxygen atoms in total. The molecule has 0 aliphatic carbocycles. The zero-order valence-electron chi connectivity index (χ0n) is 16.5. The van der Waals surface area contributed by atoms with Crippen molar-refractivity contribution in [1.29, 1.82) is 0 Å². The van der Waals surface area contributed by atoms with Crippen LogP contribution in [0.25, 0.3) is 21.9 Å². The Morgan fingerprint density at radius 1 is 1.03 bits per heavy atom. The summed E-state index contributed by atoms with van der Waals surface area (Å²) < 4.78 is 2.16. The summed E-state index contributed by atoms with van der Waals surface area (Å²) >= 11 is 0. The molecule has 0 saturated carbocycles. The fourth-order valence-electron chi connectivity index (χ4n) is 3.80. The second kappa shape index (κ2) is 7.63. The van der Waals surface area contributed by atoms with Gasteiger partial charge in [0.15, 0.2) is 0 Å². The summed E-state index contributed by atoms with van der Waals surface area (Å²) in [4.78, 5) is 20.7. The van der Waals surface area contributed by atoms with Crippen LogP contribution in [0.3, 0.4) is 0 Å². The monoisotopic (exact) mass is 388 g/mol. The van der Waals surface area contributed by atoms with E-state index in [9.17, 15) is 0 Å². The Morgan fingerprint density at radius 3 is 2.72 bits per heavy atom. The van der Waals surface area contributed by atoms with Gasteiger partial charge in [0.05, 0.1) is 29.2 Å². The Balaban J connectivity index is 1.44. The van der Waals surface area contributed by atoms with Crippen molar-refractivity contribution in [3.8, 4) is 0 Å². The molecule has 2 N–H and O–H groups in total. The molecule has 1 aromatic carbocycles. The van der Waals surface area contributed by atoms with Crippen molar-refractivity contribution in [2.75, 3.05) is 36.4 Å². The van der Waals surface area contributed by atoms with Crippen molar-refractivity contribution < 1.29 is 0 Å². The number of hydrogen-bond donors (Lipinski definition) is 2. The fraction of sp³-hybridized carbons (Fsp3) is 0.333. The minimum Gasteiger partial charge on any atom is -0.368 e. The van der Waals surface area contributed by atoms with E-state index in [0.29, 0.717) is 5.95 Å². The van der Waals surface area contributed by atoms with E-state index in [1.165, 1.54) is 0 Å². The molecule has 0 radical (unpaired) electrons. The molecule has 3 aromatic heterocycles. The van der Waals surface area contributed by atoms with Crippen LogP contribution in [-0.4, -0.2) is 50.7 Å². The molecule has 5 rings (SSSR count).